The summed E-state index contributed by atoms with van der Waals surface area (Å²) in [5.74, 6) is -0.985. The molecule has 0 bridgehead atoms. The van der Waals surface area contributed by atoms with Gasteiger partial charge in [0.25, 0.3) is 5.91 Å². The Morgan fingerprint density at radius 1 is 1.53 bits per heavy atom. The second kappa shape index (κ2) is 4.60. The summed E-state index contributed by atoms with van der Waals surface area (Å²) >= 11 is 0. The highest BCUT2D eigenvalue weighted by Crippen LogP contribution is 2.17. The molecule has 1 aromatic carbocycles. The number of halogens is 1. The molecule has 0 aliphatic rings. The van der Waals surface area contributed by atoms with Crippen LogP contribution in [0.3, 0.4) is 0 Å². The molecule has 2 aromatic rings. The van der Waals surface area contributed by atoms with E-state index in [0.717, 1.165) is 18.2 Å². The van der Waals surface area contributed by atoms with Crippen LogP contribution < -0.4 is 5.32 Å². The van der Waals surface area contributed by atoms with E-state index in [-0.39, 0.29) is 17.9 Å². The molecule has 0 saturated heterocycles. The van der Waals surface area contributed by atoms with Gasteiger partial charge >= 0.3 is 0 Å². The van der Waals surface area contributed by atoms with E-state index in [2.05, 4.69) is 20.5 Å². The molecular formula is C10H9FN4O2. The van der Waals surface area contributed by atoms with Crippen molar-refractivity contribution < 1.29 is 14.3 Å². The first-order valence-electron chi connectivity index (χ1n) is 4.78. The number of hydrogen-bond donors (Lipinski definition) is 3. The molecule has 0 radical (unpaired) electrons. The summed E-state index contributed by atoms with van der Waals surface area (Å²) in [4.78, 5) is 15.4. The summed E-state index contributed by atoms with van der Waals surface area (Å²) in [5.41, 5.74) is -0.121. The molecule has 7 heteroatoms. The zero-order valence-electron chi connectivity index (χ0n) is 8.64. The average molecular weight is 236 g/mol. The standard InChI is InChI=1S/C10H9FN4O2/c11-6-1-2-8(16)7(3-6)10(17)12-4-9-13-5-14-15-9/h1-3,5,16H,4H2,(H,12,17)(H,13,14,15). The first-order chi connectivity index (χ1) is 8.16. The minimum atomic E-state index is -0.590. The number of hydrogen-bond acceptors (Lipinski definition) is 4. The van der Waals surface area contributed by atoms with Gasteiger partial charge in [0, 0.05) is 0 Å². The summed E-state index contributed by atoms with van der Waals surface area (Å²) in [5, 5.41) is 18.0. The summed E-state index contributed by atoms with van der Waals surface area (Å²) in [6, 6.07) is 3.16. The van der Waals surface area contributed by atoms with E-state index < -0.39 is 11.7 Å². The van der Waals surface area contributed by atoms with Gasteiger partial charge in [-0.2, -0.15) is 5.10 Å². The van der Waals surface area contributed by atoms with Crippen LogP contribution in [0.15, 0.2) is 24.5 Å². The molecule has 0 fully saturated rings. The lowest BCUT2D eigenvalue weighted by Gasteiger charge is -2.05. The average Bonchev–Trinajstić information content (AvgIpc) is 2.82. The number of amides is 1. The second-order valence-electron chi connectivity index (χ2n) is 3.28. The van der Waals surface area contributed by atoms with E-state index >= 15 is 0 Å². The van der Waals surface area contributed by atoms with Gasteiger partial charge < -0.3 is 10.4 Å². The van der Waals surface area contributed by atoms with Gasteiger partial charge in [-0.25, -0.2) is 9.37 Å². The molecule has 0 aliphatic carbocycles. The van der Waals surface area contributed by atoms with E-state index in [1.807, 2.05) is 0 Å². The lowest BCUT2D eigenvalue weighted by molar-refractivity contribution is 0.0946. The summed E-state index contributed by atoms with van der Waals surface area (Å²) in [6.07, 6.45) is 1.31. The molecule has 1 heterocycles. The highest BCUT2D eigenvalue weighted by Gasteiger charge is 2.12. The van der Waals surface area contributed by atoms with Crippen LogP contribution in [0.5, 0.6) is 5.75 Å². The Balaban J connectivity index is 2.07. The highest BCUT2D eigenvalue weighted by atomic mass is 19.1. The van der Waals surface area contributed by atoms with Crippen LogP contribution in [0.1, 0.15) is 16.2 Å². The largest absolute Gasteiger partial charge is 0.507 e. The summed E-state index contributed by atoms with van der Waals surface area (Å²) in [7, 11) is 0. The molecule has 1 aromatic heterocycles. The molecule has 1 amide bonds. The van der Waals surface area contributed by atoms with Gasteiger partial charge in [0.05, 0.1) is 12.1 Å². The summed E-state index contributed by atoms with van der Waals surface area (Å²) < 4.78 is 12.9. The van der Waals surface area contributed by atoms with Gasteiger partial charge in [-0.05, 0) is 18.2 Å². The van der Waals surface area contributed by atoms with E-state index in [9.17, 15) is 14.3 Å². The third kappa shape index (κ3) is 2.57. The number of nitrogens with one attached hydrogen (secondary N) is 2. The fourth-order valence-corrected chi connectivity index (χ4v) is 1.27. The quantitative estimate of drug-likeness (QED) is 0.727. The maximum absolute atomic E-state index is 12.9. The first-order valence-corrected chi connectivity index (χ1v) is 4.78. The zero-order valence-corrected chi connectivity index (χ0v) is 8.64. The topological polar surface area (TPSA) is 90.9 Å². The summed E-state index contributed by atoms with van der Waals surface area (Å²) in [6.45, 7) is 0.120. The van der Waals surface area contributed by atoms with Gasteiger partial charge in [0.1, 0.15) is 23.7 Å². The van der Waals surface area contributed by atoms with Crippen LogP contribution in [0, 0.1) is 5.82 Å². The van der Waals surface area contributed by atoms with Crippen LogP contribution in [0.2, 0.25) is 0 Å². The van der Waals surface area contributed by atoms with E-state index in [4.69, 9.17) is 0 Å². The normalized spacial score (nSPS) is 10.2. The van der Waals surface area contributed by atoms with Gasteiger partial charge in [0.2, 0.25) is 0 Å². The van der Waals surface area contributed by atoms with Crippen molar-refractivity contribution in [3.63, 3.8) is 0 Å². The number of aromatic amines is 1. The van der Waals surface area contributed by atoms with Crippen molar-refractivity contribution in [2.75, 3.05) is 0 Å². The molecule has 0 aliphatic heterocycles. The number of phenolic OH excluding ortho intramolecular Hbond substituents is 1. The monoisotopic (exact) mass is 236 g/mol. The van der Waals surface area contributed by atoms with Crippen molar-refractivity contribution >= 4 is 5.91 Å². The third-order valence-corrected chi connectivity index (χ3v) is 2.08. The number of phenols is 1. The zero-order chi connectivity index (χ0) is 12.3. The molecule has 0 atom stereocenters. The molecule has 6 nitrogen and oxygen atoms in total. The Morgan fingerprint density at radius 3 is 3.06 bits per heavy atom. The maximum Gasteiger partial charge on any atom is 0.255 e. The number of carbonyl (C=O) groups excluding carboxylic acids is 1. The SMILES string of the molecule is O=C(NCc1ncn[nH]1)c1cc(F)ccc1O. The molecule has 0 saturated carbocycles. The molecular weight excluding hydrogens is 227 g/mol. The minimum Gasteiger partial charge on any atom is -0.507 e. The predicted molar refractivity (Wildman–Crippen MR) is 55.6 cm³/mol. The van der Waals surface area contributed by atoms with Crippen LogP contribution in [0.25, 0.3) is 0 Å². The van der Waals surface area contributed by atoms with E-state index in [1.165, 1.54) is 6.33 Å². The lowest BCUT2D eigenvalue weighted by Crippen LogP contribution is -2.23. The van der Waals surface area contributed by atoms with Crippen LogP contribution in [0.4, 0.5) is 4.39 Å². The van der Waals surface area contributed by atoms with Crippen LogP contribution in [-0.4, -0.2) is 26.2 Å². The smallest absolute Gasteiger partial charge is 0.255 e. The number of carbonyl (C=O) groups is 1. The Labute approximate surface area is 95.5 Å². The number of aromatic hydroxyl groups is 1. The van der Waals surface area contributed by atoms with Crippen molar-refractivity contribution in [2.24, 2.45) is 0 Å². The number of rotatable bonds is 3. The molecule has 0 unspecified atom stereocenters. The minimum absolute atomic E-state index is 0.120. The van der Waals surface area contributed by atoms with Crippen molar-refractivity contribution in [1.82, 2.24) is 20.5 Å². The Bertz CT molecular complexity index is 527. The predicted octanol–water partition coefficient (Wildman–Crippen LogP) is 0.579. The van der Waals surface area contributed by atoms with Gasteiger partial charge in [-0.3, -0.25) is 9.89 Å². The lowest BCUT2D eigenvalue weighted by atomic mass is 10.2. The fraction of sp³-hybridized carbons (Fsp3) is 0.100. The number of H-pyrrole nitrogens is 1. The molecule has 3 N–H and O–H groups in total. The van der Waals surface area contributed by atoms with Crippen LogP contribution in [-0.2, 0) is 6.54 Å². The Kier molecular flexibility index (Phi) is 2.99. The Morgan fingerprint density at radius 2 is 2.35 bits per heavy atom. The van der Waals surface area contributed by atoms with E-state index in [0.29, 0.717) is 5.82 Å². The number of benzene rings is 1. The third-order valence-electron chi connectivity index (χ3n) is 2.08. The van der Waals surface area contributed by atoms with Crippen molar-refractivity contribution in [1.29, 1.82) is 0 Å². The molecule has 88 valence electrons. The molecule has 2 rings (SSSR count). The number of aromatic nitrogens is 3. The highest BCUT2D eigenvalue weighted by molar-refractivity contribution is 5.96. The van der Waals surface area contributed by atoms with Gasteiger partial charge in [0.15, 0.2) is 0 Å². The number of nitrogens with zero attached hydrogens (tertiary/aromatic N) is 2. The fourth-order valence-electron chi connectivity index (χ4n) is 1.27. The molecule has 0 spiro atoms. The van der Waals surface area contributed by atoms with Crippen LogP contribution >= 0.6 is 0 Å². The molecule has 17 heavy (non-hydrogen) atoms. The van der Waals surface area contributed by atoms with Gasteiger partial charge in [-0.1, -0.05) is 0 Å². The second-order valence-corrected chi connectivity index (χ2v) is 3.28. The Hall–Kier alpha value is -2.44. The van der Waals surface area contributed by atoms with E-state index in [1.54, 1.807) is 0 Å². The first kappa shape index (κ1) is 11.1. The van der Waals surface area contributed by atoms with Crippen molar-refractivity contribution in [3.8, 4) is 5.75 Å². The van der Waals surface area contributed by atoms with Crippen molar-refractivity contribution in [2.45, 2.75) is 6.54 Å². The van der Waals surface area contributed by atoms with Crippen molar-refractivity contribution in [3.05, 3.63) is 41.7 Å². The van der Waals surface area contributed by atoms with Gasteiger partial charge in [-0.15, -0.1) is 0 Å². The maximum atomic E-state index is 12.9.